The fraction of sp³-hybridized carbons (Fsp3) is 0.208. The predicted octanol–water partition coefficient (Wildman–Crippen LogP) is 2.15. The predicted molar refractivity (Wildman–Crippen MR) is 114 cm³/mol. The summed E-state index contributed by atoms with van der Waals surface area (Å²) in [5, 5.41) is 4.03. The molecule has 31 heavy (non-hydrogen) atoms. The molecule has 2 aliphatic rings. The summed E-state index contributed by atoms with van der Waals surface area (Å²) in [5.41, 5.74) is 11.8. The van der Waals surface area contributed by atoms with E-state index in [9.17, 15) is 13.6 Å². The number of nitrogens with two attached hydrogens (primary N) is 1. The van der Waals surface area contributed by atoms with E-state index < -0.39 is 11.6 Å². The summed E-state index contributed by atoms with van der Waals surface area (Å²) in [6, 6.07) is 9.01. The number of halogens is 2. The highest BCUT2D eigenvalue weighted by atomic mass is 19.1. The van der Waals surface area contributed by atoms with E-state index in [0.29, 0.717) is 25.3 Å². The van der Waals surface area contributed by atoms with E-state index in [2.05, 4.69) is 5.32 Å². The smallest absolute Gasteiger partial charge is 0.231 e. The second-order valence-electron chi connectivity index (χ2n) is 7.95. The fourth-order valence-electron chi connectivity index (χ4n) is 4.31. The van der Waals surface area contributed by atoms with Crippen LogP contribution in [-0.2, 0) is 17.6 Å². The maximum atomic E-state index is 14.0. The zero-order chi connectivity index (χ0) is 21.7. The Labute approximate surface area is 177 Å². The van der Waals surface area contributed by atoms with Crippen LogP contribution in [0.25, 0.3) is 22.5 Å². The van der Waals surface area contributed by atoms with Crippen LogP contribution in [0.3, 0.4) is 0 Å². The fourth-order valence-corrected chi connectivity index (χ4v) is 4.31. The van der Waals surface area contributed by atoms with Gasteiger partial charge < -0.3 is 20.4 Å². The SMILES string of the molecule is CC1=c2occ(-c3ccc4c(c3)CCN4C(=O)Cc3cc(F)ccc3F)c2=C(N)NC1. The number of carbonyl (C=O) groups is 1. The zero-order valence-corrected chi connectivity index (χ0v) is 17.0. The molecule has 5 rings (SSSR count). The van der Waals surface area contributed by atoms with Crippen LogP contribution in [0.15, 0.2) is 47.1 Å². The van der Waals surface area contributed by atoms with Gasteiger partial charge in [0.2, 0.25) is 5.91 Å². The van der Waals surface area contributed by atoms with Gasteiger partial charge in [-0.25, -0.2) is 8.78 Å². The highest BCUT2D eigenvalue weighted by Crippen LogP contribution is 2.32. The molecule has 2 aliphatic heterocycles. The molecule has 5 nitrogen and oxygen atoms in total. The van der Waals surface area contributed by atoms with Crippen molar-refractivity contribution in [2.24, 2.45) is 5.73 Å². The Morgan fingerprint density at radius 2 is 2.06 bits per heavy atom. The average molecular weight is 421 g/mol. The minimum Gasteiger partial charge on any atom is -0.464 e. The van der Waals surface area contributed by atoms with Crippen molar-refractivity contribution in [3.63, 3.8) is 0 Å². The molecule has 0 fully saturated rings. The molecule has 2 aromatic carbocycles. The van der Waals surface area contributed by atoms with Gasteiger partial charge >= 0.3 is 0 Å². The number of anilines is 1. The maximum absolute atomic E-state index is 14.0. The second-order valence-corrected chi connectivity index (χ2v) is 7.95. The number of carbonyl (C=O) groups excluding carboxylic acids is 1. The van der Waals surface area contributed by atoms with Crippen molar-refractivity contribution in [2.75, 3.05) is 18.0 Å². The van der Waals surface area contributed by atoms with Crippen molar-refractivity contribution in [2.45, 2.75) is 19.8 Å². The van der Waals surface area contributed by atoms with Crippen molar-refractivity contribution in [1.29, 1.82) is 0 Å². The number of fused-ring (bicyclic) bond motifs is 2. The lowest BCUT2D eigenvalue weighted by Gasteiger charge is -2.18. The number of furan rings is 1. The molecule has 0 saturated carbocycles. The van der Waals surface area contributed by atoms with Crippen LogP contribution < -0.4 is 26.6 Å². The summed E-state index contributed by atoms with van der Waals surface area (Å²) in [5.74, 6) is -0.816. The van der Waals surface area contributed by atoms with E-state index in [-0.39, 0.29) is 17.9 Å². The van der Waals surface area contributed by atoms with E-state index in [1.807, 2.05) is 25.1 Å². The summed E-state index contributed by atoms with van der Waals surface area (Å²) in [4.78, 5) is 14.4. The number of amides is 1. The Balaban J connectivity index is 1.47. The minimum atomic E-state index is -0.580. The first-order valence-electron chi connectivity index (χ1n) is 10.1. The number of hydrogen-bond acceptors (Lipinski definition) is 4. The van der Waals surface area contributed by atoms with E-state index in [0.717, 1.165) is 56.8 Å². The number of nitrogens with zero attached hydrogens (tertiary/aromatic N) is 1. The molecule has 0 atom stereocenters. The van der Waals surface area contributed by atoms with Crippen LogP contribution in [0.4, 0.5) is 14.5 Å². The molecule has 3 aromatic rings. The summed E-state index contributed by atoms with van der Waals surface area (Å²) < 4.78 is 33.2. The van der Waals surface area contributed by atoms with Crippen molar-refractivity contribution >= 4 is 23.0 Å². The normalized spacial score (nSPS) is 15.0. The molecule has 158 valence electrons. The highest BCUT2D eigenvalue weighted by Gasteiger charge is 2.26. The molecule has 3 heterocycles. The molecule has 0 unspecified atom stereocenters. The summed E-state index contributed by atoms with van der Waals surface area (Å²) in [6.45, 7) is 3.15. The van der Waals surface area contributed by atoms with Crippen LogP contribution in [0.1, 0.15) is 18.1 Å². The molecule has 1 aromatic heterocycles. The van der Waals surface area contributed by atoms with Gasteiger partial charge in [0, 0.05) is 29.9 Å². The number of hydrogen-bond donors (Lipinski definition) is 2. The van der Waals surface area contributed by atoms with Gasteiger partial charge in [0.05, 0.1) is 17.9 Å². The van der Waals surface area contributed by atoms with Crippen LogP contribution in [0, 0.1) is 11.6 Å². The number of rotatable bonds is 3. The molecular formula is C24H21F2N3O2. The lowest BCUT2D eigenvalue weighted by Crippen LogP contribution is -2.41. The van der Waals surface area contributed by atoms with E-state index in [1.54, 1.807) is 11.2 Å². The van der Waals surface area contributed by atoms with Gasteiger partial charge in [0.15, 0.2) is 0 Å². The number of benzene rings is 2. The molecule has 7 heteroatoms. The molecule has 1 amide bonds. The van der Waals surface area contributed by atoms with Crippen LogP contribution >= 0.6 is 0 Å². The minimum absolute atomic E-state index is 0.0604. The summed E-state index contributed by atoms with van der Waals surface area (Å²) in [7, 11) is 0. The molecule has 0 radical (unpaired) electrons. The van der Waals surface area contributed by atoms with Gasteiger partial charge in [-0.1, -0.05) is 6.07 Å². The van der Waals surface area contributed by atoms with Gasteiger partial charge in [-0.3, -0.25) is 4.79 Å². The third-order valence-electron chi connectivity index (χ3n) is 5.93. The van der Waals surface area contributed by atoms with E-state index in [1.165, 1.54) is 0 Å². The molecular weight excluding hydrogens is 400 g/mol. The highest BCUT2D eigenvalue weighted by molar-refractivity contribution is 5.97. The Kier molecular flexibility index (Phi) is 4.54. The molecule has 3 N–H and O–H groups in total. The number of nitrogens with one attached hydrogen (secondary N) is 1. The molecule has 0 bridgehead atoms. The van der Waals surface area contributed by atoms with Gasteiger partial charge in [0.1, 0.15) is 22.9 Å². The first kappa shape index (κ1) is 19.4. The Morgan fingerprint density at radius 3 is 2.90 bits per heavy atom. The Hall–Kier alpha value is -3.61. The monoisotopic (exact) mass is 421 g/mol. The van der Waals surface area contributed by atoms with Crippen LogP contribution in [0.5, 0.6) is 0 Å². The average Bonchev–Trinajstić information content (AvgIpc) is 3.38. The van der Waals surface area contributed by atoms with Crippen LogP contribution in [0.2, 0.25) is 0 Å². The Bertz CT molecular complexity index is 1340. The van der Waals surface area contributed by atoms with Crippen molar-refractivity contribution < 1.29 is 18.0 Å². The van der Waals surface area contributed by atoms with Crippen LogP contribution in [-0.4, -0.2) is 19.0 Å². The largest absolute Gasteiger partial charge is 0.464 e. The lowest BCUT2D eigenvalue weighted by molar-refractivity contribution is -0.117. The zero-order valence-electron chi connectivity index (χ0n) is 17.0. The third-order valence-corrected chi connectivity index (χ3v) is 5.93. The third kappa shape index (κ3) is 3.26. The quantitative estimate of drug-likeness (QED) is 0.680. The standard InChI is InChI=1S/C24H21F2N3O2/c1-13-11-28-24(27)22-18(12-31-23(13)22)14-2-5-20-15(8-14)6-7-29(20)21(30)10-16-9-17(25)3-4-19(16)26/h2-5,8-9,12,28H,6-7,10-11,27H2,1H3. The van der Waals surface area contributed by atoms with Crippen molar-refractivity contribution in [1.82, 2.24) is 5.32 Å². The Morgan fingerprint density at radius 1 is 1.23 bits per heavy atom. The topological polar surface area (TPSA) is 71.5 Å². The first-order chi connectivity index (χ1) is 14.9. The summed E-state index contributed by atoms with van der Waals surface area (Å²) >= 11 is 0. The molecule has 0 aliphatic carbocycles. The van der Waals surface area contributed by atoms with Gasteiger partial charge in [0.25, 0.3) is 0 Å². The summed E-state index contributed by atoms with van der Waals surface area (Å²) in [6.07, 6.45) is 2.20. The second kappa shape index (κ2) is 7.27. The van der Waals surface area contributed by atoms with Crippen molar-refractivity contribution in [3.8, 4) is 11.1 Å². The molecule has 0 saturated heterocycles. The van der Waals surface area contributed by atoms with Gasteiger partial charge in [-0.2, -0.15) is 0 Å². The van der Waals surface area contributed by atoms with E-state index in [4.69, 9.17) is 10.2 Å². The lowest BCUT2D eigenvalue weighted by atomic mass is 10.0. The van der Waals surface area contributed by atoms with Gasteiger partial charge in [-0.05, 0) is 60.4 Å². The molecule has 0 spiro atoms. The van der Waals surface area contributed by atoms with E-state index >= 15 is 0 Å². The maximum Gasteiger partial charge on any atom is 0.231 e. The first-order valence-corrected chi connectivity index (χ1v) is 10.1. The van der Waals surface area contributed by atoms with Crippen molar-refractivity contribution in [3.05, 3.63) is 76.1 Å². The van der Waals surface area contributed by atoms with Gasteiger partial charge in [-0.15, -0.1) is 0 Å².